The van der Waals surface area contributed by atoms with E-state index in [1.807, 2.05) is 12.1 Å². The average molecular weight is 367 g/mol. The lowest BCUT2D eigenvalue weighted by molar-refractivity contribution is 0.624. The second kappa shape index (κ2) is 7.16. The molecule has 134 valence electrons. The molecule has 0 spiro atoms. The highest BCUT2D eigenvalue weighted by atomic mass is 32.2. The van der Waals surface area contributed by atoms with Crippen LogP contribution in [0.15, 0.2) is 53.4 Å². The van der Waals surface area contributed by atoms with E-state index in [0.29, 0.717) is 0 Å². The van der Waals surface area contributed by atoms with Crippen molar-refractivity contribution in [1.29, 1.82) is 0 Å². The van der Waals surface area contributed by atoms with Crippen LogP contribution < -0.4 is 9.80 Å². The number of aromatic nitrogens is 1. The predicted molar refractivity (Wildman–Crippen MR) is 109 cm³/mol. The molecule has 1 aliphatic rings. The van der Waals surface area contributed by atoms with Crippen molar-refractivity contribution in [1.82, 2.24) is 4.98 Å². The van der Waals surface area contributed by atoms with Gasteiger partial charge in [-0.2, -0.15) is 0 Å². The molecule has 0 bridgehead atoms. The quantitative estimate of drug-likeness (QED) is 0.623. The Morgan fingerprint density at radius 1 is 0.962 bits per heavy atom. The highest BCUT2D eigenvalue weighted by molar-refractivity contribution is 7.98. The molecular weight excluding hydrogens is 345 g/mol. The summed E-state index contributed by atoms with van der Waals surface area (Å²) in [4.78, 5) is 10.9. The van der Waals surface area contributed by atoms with Crippen LogP contribution in [0.5, 0.6) is 0 Å². The van der Waals surface area contributed by atoms with E-state index in [9.17, 15) is 4.39 Å². The zero-order chi connectivity index (χ0) is 18.1. The number of thioether (sulfide) groups is 1. The minimum atomic E-state index is -0.187. The van der Waals surface area contributed by atoms with E-state index in [2.05, 4.69) is 47.2 Å². The molecule has 3 aromatic rings. The summed E-state index contributed by atoms with van der Waals surface area (Å²) in [6.07, 6.45) is 2.10. The van der Waals surface area contributed by atoms with Crippen molar-refractivity contribution < 1.29 is 4.39 Å². The summed E-state index contributed by atoms with van der Waals surface area (Å²) in [5, 5.41) is 1.23. The third-order valence-electron chi connectivity index (χ3n) is 5.01. The van der Waals surface area contributed by atoms with Crippen molar-refractivity contribution in [3.8, 4) is 0 Å². The fourth-order valence-electron chi connectivity index (χ4n) is 3.55. The number of hydrogen-bond acceptors (Lipinski definition) is 4. The van der Waals surface area contributed by atoms with Gasteiger partial charge in [0, 0.05) is 42.1 Å². The summed E-state index contributed by atoms with van der Waals surface area (Å²) >= 11 is 1.74. The summed E-state index contributed by atoms with van der Waals surface area (Å²) < 4.78 is 13.1. The topological polar surface area (TPSA) is 19.4 Å². The van der Waals surface area contributed by atoms with Gasteiger partial charge in [0.05, 0.1) is 5.52 Å². The molecular formula is C21H22FN3S. The Kier molecular flexibility index (Phi) is 4.72. The number of nitrogens with zero attached hydrogens (tertiary/aromatic N) is 3. The van der Waals surface area contributed by atoms with Gasteiger partial charge in [-0.3, -0.25) is 0 Å². The number of piperazine rings is 1. The third kappa shape index (κ3) is 3.23. The van der Waals surface area contributed by atoms with Crippen LogP contribution in [0.1, 0.15) is 5.56 Å². The molecule has 1 aromatic heterocycles. The SMILES string of the molecule is CSc1cccc2c(C)cc(N3CCN(c4ccc(F)cc4)CC3)nc12. The predicted octanol–water partition coefficient (Wildman–Crippen LogP) is 4.73. The Hall–Kier alpha value is -2.27. The van der Waals surface area contributed by atoms with Crippen molar-refractivity contribution in [2.24, 2.45) is 0 Å². The minimum absolute atomic E-state index is 0.187. The van der Waals surface area contributed by atoms with Gasteiger partial charge in [-0.05, 0) is 55.1 Å². The summed E-state index contributed by atoms with van der Waals surface area (Å²) in [6, 6.07) is 15.3. The number of rotatable bonds is 3. The molecule has 0 unspecified atom stereocenters. The molecule has 0 radical (unpaired) electrons. The summed E-state index contributed by atoms with van der Waals surface area (Å²) in [6.45, 7) is 5.81. The number of aryl methyl sites for hydroxylation is 1. The van der Waals surface area contributed by atoms with Crippen LogP contribution in [0, 0.1) is 12.7 Å². The second-order valence-electron chi connectivity index (χ2n) is 6.60. The van der Waals surface area contributed by atoms with E-state index in [4.69, 9.17) is 4.98 Å². The van der Waals surface area contributed by atoms with Gasteiger partial charge in [0.25, 0.3) is 0 Å². The van der Waals surface area contributed by atoms with E-state index in [1.165, 1.54) is 28.0 Å². The molecule has 3 nitrogen and oxygen atoms in total. The molecule has 5 heteroatoms. The molecule has 0 N–H and O–H groups in total. The van der Waals surface area contributed by atoms with Gasteiger partial charge in [-0.25, -0.2) is 9.37 Å². The molecule has 0 aliphatic carbocycles. The van der Waals surface area contributed by atoms with Crippen molar-refractivity contribution in [3.05, 3.63) is 59.9 Å². The first kappa shape index (κ1) is 17.2. The van der Waals surface area contributed by atoms with Crippen molar-refractivity contribution >= 4 is 34.2 Å². The highest BCUT2D eigenvalue weighted by Gasteiger charge is 2.19. The average Bonchev–Trinajstić information content (AvgIpc) is 2.68. The van der Waals surface area contributed by atoms with Crippen molar-refractivity contribution in [2.75, 3.05) is 42.2 Å². The molecule has 1 saturated heterocycles. The van der Waals surface area contributed by atoms with Gasteiger partial charge in [-0.15, -0.1) is 11.8 Å². The minimum Gasteiger partial charge on any atom is -0.368 e. The van der Waals surface area contributed by atoms with Gasteiger partial charge >= 0.3 is 0 Å². The van der Waals surface area contributed by atoms with Crippen LogP contribution in [-0.4, -0.2) is 37.4 Å². The summed E-state index contributed by atoms with van der Waals surface area (Å²) in [5.41, 5.74) is 3.44. The van der Waals surface area contributed by atoms with Crippen LogP contribution in [0.2, 0.25) is 0 Å². The molecule has 0 atom stereocenters. The lowest BCUT2D eigenvalue weighted by atomic mass is 10.1. The molecule has 1 fully saturated rings. The molecule has 26 heavy (non-hydrogen) atoms. The zero-order valence-corrected chi connectivity index (χ0v) is 15.9. The molecule has 0 saturated carbocycles. The number of anilines is 2. The molecule has 2 aromatic carbocycles. The maximum absolute atomic E-state index is 13.1. The van der Waals surface area contributed by atoms with E-state index in [-0.39, 0.29) is 5.82 Å². The number of hydrogen-bond donors (Lipinski definition) is 0. The van der Waals surface area contributed by atoms with Crippen molar-refractivity contribution in [2.45, 2.75) is 11.8 Å². The lowest BCUT2D eigenvalue weighted by Crippen LogP contribution is -2.46. The number of benzene rings is 2. The van der Waals surface area contributed by atoms with E-state index < -0.39 is 0 Å². The van der Waals surface area contributed by atoms with Gasteiger partial charge in [0.2, 0.25) is 0 Å². The number of para-hydroxylation sites is 1. The Morgan fingerprint density at radius 2 is 1.65 bits per heavy atom. The summed E-state index contributed by atoms with van der Waals surface area (Å²) in [7, 11) is 0. The Balaban J connectivity index is 1.56. The maximum Gasteiger partial charge on any atom is 0.129 e. The smallest absolute Gasteiger partial charge is 0.129 e. The number of halogens is 1. The van der Waals surface area contributed by atoms with Crippen molar-refractivity contribution in [3.63, 3.8) is 0 Å². The summed E-state index contributed by atoms with van der Waals surface area (Å²) in [5.74, 6) is 0.864. The van der Waals surface area contributed by atoms with Gasteiger partial charge < -0.3 is 9.80 Å². The maximum atomic E-state index is 13.1. The first-order valence-corrected chi connectivity index (χ1v) is 10.1. The second-order valence-corrected chi connectivity index (χ2v) is 7.45. The van der Waals surface area contributed by atoms with Crippen LogP contribution in [0.3, 0.4) is 0 Å². The zero-order valence-electron chi connectivity index (χ0n) is 15.1. The standard InChI is InChI=1S/C21H22FN3S/c1-15-14-20(23-21-18(15)4-3-5-19(21)26-2)25-12-10-24(11-13-25)17-8-6-16(22)7-9-17/h3-9,14H,10-13H2,1-2H3. The lowest BCUT2D eigenvalue weighted by Gasteiger charge is -2.37. The van der Waals surface area contributed by atoms with Crippen LogP contribution in [-0.2, 0) is 0 Å². The normalized spacial score (nSPS) is 14.9. The monoisotopic (exact) mass is 367 g/mol. The van der Waals surface area contributed by atoms with E-state index in [1.54, 1.807) is 11.8 Å². The Labute approximate surface area is 157 Å². The third-order valence-corrected chi connectivity index (χ3v) is 5.78. The molecule has 2 heterocycles. The molecule has 1 aliphatic heterocycles. The van der Waals surface area contributed by atoms with E-state index >= 15 is 0 Å². The van der Waals surface area contributed by atoms with Gasteiger partial charge in [-0.1, -0.05) is 12.1 Å². The molecule has 4 rings (SSSR count). The fraction of sp³-hybridized carbons (Fsp3) is 0.286. The Bertz CT molecular complexity index is 918. The van der Waals surface area contributed by atoms with Crippen LogP contribution >= 0.6 is 11.8 Å². The fourth-order valence-corrected chi connectivity index (χ4v) is 4.11. The van der Waals surface area contributed by atoms with Gasteiger partial charge in [0.15, 0.2) is 0 Å². The first-order valence-electron chi connectivity index (χ1n) is 8.85. The number of fused-ring (bicyclic) bond motifs is 1. The van der Waals surface area contributed by atoms with E-state index in [0.717, 1.165) is 43.2 Å². The molecule has 0 amide bonds. The number of pyridine rings is 1. The Morgan fingerprint density at radius 3 is 2.35 bits per heavy atom. The van der Waals surface area contributed by atoms with Crippen LogP contribution in [0.25, 0.3) is 10.9 Å². The largest absolute Gasteiger partial charge is 0.368 e. The highest BCUT2D eigenvalue weighted by Crippen LogP contribution is 2.30. The van der Waals surface area contributed by atoms with Crippen LogP contribution in [0.4, 0.5) is 15.9 Å². The van der Waals surface area contributed by atoms with Gasteiger partial charge in [0.1, 0.15) is 11.6 Å². The first-order chi connectivity index (χ1) is 12.7.